The lowest BCUT2D eigenvalue weighted by molar-refractivity contribution is 1.26. The van der Waals surface area contributed by atoms with Crippen molar-refractivity contribution in [1.82, 2.24) is 9.97 Å². The SMILES string of the molecule is Cc1cccnc1Nc1ccc(-c2cccnc2)cc1N. The number of nitrogen functional groups attached to an aromatic ring is 1. The van der Waals surface area contributed by atoms with E-state index in [0.29, 0.717) is 5.69 Å². The van der Waals surface area contributed by atoms with Gasteiger partial charge in [0.15, 0.2) is 0 Å². The van der Waals surface area contributed by atoms with Crippen molar-refractivity contribution in [2.75, 3.05) is 11.1 Å². The predicted molar refractivity (Wildman–Crippen MR) is 86.3 cm³/mol. The van der Waals surface area contributed by atoms with Crippen molar-refractivity contribution in [2.24, 2.45) is 0 Å². The molecule has 3 N–H and O–H groups in total. The van der Waals surface area contributed by atoms with E-state index in [2.05, 4.69) is 15.3 Å². The minimum absolute atomic E-state index is 0.682. The Morgan fingerprint density at radius 3 is 2.57 bits per heavy atom. The van der Waals surface area contributed by atoms with E-state index < -0.39 is 0 Å². The van der Waals surface area contributed by atoms with Gasteiger partial charge in [-0.05, 0) is 42.3 Å². The van der Waals surface area contributed by atoms with E-state index in [0.717, 1.165) is 28.2 Å². The molecule has 4 heteroatoms. The van der Waals surface area contributed by atoms with Crippen LogP contribution in [0.2, 0.25) is 0 Å². The van der Waals surface area contributed by atoms with Crippen LogP contribution < -0.4 is 11.1 Å². The molecule has 4 nitrogen and oxygen atoms in total. The molecule has 3 rings (SSSR count). The first kappa shape index (κ1) is 13.1. The predicted octanol–water partition coefficient (Wildman–Crippen LogP) is 3.78. The van der Waals surface area contributed by atoms with Crippen molar-refractivity contribution >= 4 is 17.2 Å². The van der Waals surface area contributed by atoms with E-state index >= 15 is 0 Å². The summed E-state index contributed by atoms with van der Waals surface area (Å²) in [5.41, 5.74) is 10.8. The minimum atomic E-state index is 0.682. The highest BCUT2D eigenvalue weighted by Crippen LogP contribution is 2.28. The highest BCUT2D eigenvalue weighted by molar-refractivity contribution is 5.78. The first-order valence-electron chi connectivity index (χ1n) is 6.72. The Morgan fingerprint density at radius 2 is 1.86 bits per heavy atom. The van der Waals surface area contributed by atoms with E-state index in [1.807, 2.05) is 55.6 Å². The number of aromatic nitrogens is 2. The van der Waals surface area contributed by atoms with E-state index in [1.54, 1.807) is 12.4 Å². The fourth-order valence-electron chi connectivity index (χ4n) is 2.13. The van der Waals surface area contributed by atoms with E-state index in [9.17, 15) is 0 Å². The van der Waals surface area contributed by atoms with Crippen molar-refractivity contribution in [2.45, 2.75) is 6.92 Å². The zero-order chi connectivity index (χ0) is 14.7. The average molecular weight is 276 g/mol. The molecule has 2 aromatic heterocycles. The Bertz CT molecular complexity index is 754. The summed E-state index contributed by atoms with van der Waals surface area (Å²) in [6.45, 7) is 2.01. The van der Waals surface area contributed by atoms with E-state index in [1.165, 1.54) is 0 Å². The van der Waals surface area contributed by atoms with Crippen molar-refractivity contribution < 1.29 is 0 Å². The van der Waals surface area contributed by atoms with Gasteiger partial charge in [0.25, 0.3) is 0 Å². The number of hydrogen-bond acceptors (Lipinski definition) is 4. The summed E-state index contributed by atoms with van der Waals surface area (Å²) in [6, 6.07) is 13.8. The highest BCUT2D eigenvalue weighted by Gasteiger charge is 2.05. The molecule has 104 valence electrons. The lowest BCUT2D eigenvalue weighted by Gasteiger charge is -2.12. The number of nitrogens with two attached hydrogens (primary N) is 1. The van der Waals surface area contributed by atoms with Crippen LogP contribution in [0, 0.1) is 6.92 Å². The first-order valence-corrected chi connectivity index (χ1v) is 6.72. The Balaban J connectivity index is 1.90. The molecule has 0 aliphatic heterocycles. The monoisotopic (exact) mass is 276 g/mol. The Kier molecular flexibility index (Phi) is 3.51. The second-order valence-corrected chi connectivity index (χ2v) is 4.84. The van der Waals surface area contributed by atoms with Crippen LogP contribution in [0.25, 0.3) is 11.1 Å². The molecule has 0 unspecified atom stereocenters. The van der Waals surface area contributed by atoms with Crippen LogP contribution in [-0.4, -0.2) is 9.97 Å². The molecule has 0 fully saturated rings. The van der Waals surface area contributed by atoms with Crippen LogP contribution in [0.1, 0.15) is 5.56 Å². The number of benzene rings is 1. The summed E-state index contributed by atoms with van der Waals surface area (Å²) < 4.78 is 0. The molecular weight excluding hydrogens is 260 g/mol. The summed E-state index contributed by atoms with van der Waals surface area (Å²) >= 11 is 0. The third kappa shape index (κ3) is 2.84. The molecule has 0 atom stereocenters. The summed E-state index contributed by atoms with van der Waals surface area (Å²) in [5.74, 6) is 0.818. The van der Waals surface area contributed by atoms with Crippen molar-refractivity contribution in [3.05, 3.63) is 66.6 Å². The average Bonchev–Trinajstić information content (AvgIpc) is 2.52. The number of anilines is 3. The van der Waals surface area contributed by atoms with Gasteiger partial charge in [-0.1, -0.05) is 18.2 Å². The largest absolute Gasteiger partial charge is 0.397 e. The normalized spacial score (nSPS) is 10.3. The smallest absolute Gasteiger partial charge is 0.133 e. The summed E-state index contributed by atoms with van der Waals surface area (Å²) in [4.78, 5) is 8.44. The van der Waals surface area contributed by atoms with Crippen LogP contribution in [0.3, 0.4) is 0 Å². The van der Waals surface area contributed by atoms with Gasteiger partial charge < -0.3 is 11.1 Å². The Hall–Kier alpha value is -2.88. The zero-order valence-electron chi connectivity index (χ0n) is 11.7. The second-order valence-electron chi connectivity index (χ2n) is 4.84. The van der Waals surface area contributed by atoms with Gasteiger partial charge in [-0.3, -0.25) is 4.98 Å². The molecule has 0 aliphatic rings. The van der Waals surface area contributed by atoms with Gasteiger partial charge in [0, 0.05) is 24.2 Å². The number of aryl methyl sites for hydroxylation is 1. The van der Waals surface area contributed by atoms with Crippen molar-refractivity contribution in [1.29, 1.82) is 0 Å². The van der Waals surface area contributed by atoms with Crippen molar-refractivity contribution in [3.63, 3.8) is 0 Å². The molecule has 3 aromatic rings. The molecule has 0 aliphatic carbocycles. The molecule has 1 aromatic carbocycles. The van der Waals surface area contributed by atoms with Crippen LogP contribution >= 0.6 is 0 Å². The number of nitrogens with zero attached hydrogens (tertiary/aromatic N) is 2. The Morgan fingerprint density at radius 1 is 1.00 bits per heavy atom. The molecule has 0 saturated heterocycles. The van der Waals surface area contributed by atoms with Crippen LogP contribution in [0.15, 0.2) is 61.1 Å². The van der Waals surface area contributed by atoms with Crippen molar-refractivity contribution in [3.8, 4) is 11.1 Å². The molecule has 0 radical (unpaired) electrons. The molecule has 0 amide bonds. The van der Waals surface area contributed by atoms with Crippen LogP contribution in [0.4, 0.5) is 17.2 Å². The maximum absolute atomic E-state index is 6.15. The fourth-order valence-corrected chi connectivity index (χ4v) is 2.13. The molecular formula is C17H16N4. The van der Waals surface area contributed by atoms with Gasteiger partial charge in [0.05, 0.1) is 11.4 Å². The highest BCUT2D eigenvalue weighted by atomic mass is 15.0. The van der Waals surface area contributed by atoms with Gasteiger partial charge in [-0.15, -0.1) is 0 Å². The maximum Gasteiger partial charge on any atom is 0.133 e. The van der Waals surface area contributed by atoms with Gasteiger partial charge >= 0.3 is 0 Å². The number of pyridine rings is 2. The van der Waals surface area contributed by atoms with E-state index in [-0.39, 0.29) is 0 Å². The summed E-state index contributed by atoms with van der Waals surface area (Å²) in [6.07, 6.45) is 5.34. The molecule has 0 spiro atoms. The third-order valence-electron chi connectivity index (χ3n) is 3.31. The molecule has 0 bridgehead atoms. The molecule has 0 saturated carbocycles. The summed E-state index contributed by atoms with van der Waals surface area (Å²) in [7, 11) is 0. The third-order valence-corrected chi connectivity index (χ3v) is 3.31. The maximum atomic E-state index is 6.15. The lowest BCUT2D eigenvalue weighted by atomic mass is 10.1. The van der Waals surface area contributed by atoms with Gasteiger partial charge in [-0.25, -0.2) is 4.98 Å². The van der Waals surface area contributed by atoms with Gasteiger partial charge in [0.2, 0.25) is 0 Å². The first-order chi connectivity index (χ1) is 10.2. The quantitative estimate of drug-likeness (QED) is 0.715. The standard InChI is InChI=1S/C17H16N4/c1-12-4-2-9-20-17(12)21-16-7-6-13(10-15(16)18)14-5-3-8-19-11-14/h2-11H,18H2,1H3,(H,20,21). The van der Waals surface area contributed by atoms with Gasteiger partial charge in [0.1, 0.15) is 5.82 Å². The lowest BCUT2D eigenvalue weighted by Crippen LogP contribution is -1.99. The van der Waals surface area contributed by atoms with Gasteiger partial charge in [-0.2, -0.15) is 0 Å². The number of nitrogens with one attached hydrogen (secondary N) is 1. The Labute approximate surface area is 123 Å². The zero-order valence-corrected chi connectivity index (χ0v) is 11.7. The molecule has 21 heavy (non-hydrogen) atoms. The van der Waals surface area contributed by atoms with E-state index in [4.69, 9.17) is 5.73 Å². The molecule has 2 heterocycles. The second kappa shape index (κ2) is 5.63. The topological polar surface area (TPSA) is 63.8 Å². The minimum Gasteiger partial charge on any atom is -0.397 e. The summed E-state index contributed by atoms with van der Waals surface area (Å²) in [5, 5.41) is 3.27. The number of hydrogen-bond donors (Lipinski definition) is 2. The number of rotatable bonds is 3. The van der Waals surface area contributed by atoms with Crippen LogP contribution in [-0.2, 0) is 0 Å². The fraction of sp³-hybridized carbons (Fsp3) is 0.0588. The van der Waals surface area contributed by atoms with Crippen LogP contribution in [0.5, 0.6) is 0 Å².